The van der Waals surface area contributed by atoms with E-state index in [0.29, 0.717) is 0 Å². The fourth-order valence-corrected chi connectivity index (χ4v) is 2.21. The number of nitrogens with two attached hydrogens (primary N) is 1. The molecule has 1 rings (SSSR count). The second-order valence-electron chi connectivity index (χ2n) is 4.38. The number of amides is 1. The summed E-state index contributed by atoms with van der Waals surface area (Å²) in [5.41, 5.74) is 5.71. The Hall–Kier alpha value is -0.410. The van der Waals surface area contributed by atoms with Crippen LogP contribution in [0.15, 0.2) is 0 Å². The van der Waals surface area contributed by atoms with Crippen molar-refractivity contribution in [2.45, 2.75) is 18.9 Å². The van der Waals surface area contributed by atoms with Gasteiger partial charge in [-0.05, 0) is 12.8 Å². The normalized spacial score (nSPS) is 17.1. The van der Waals surface area contributed by atoms with Crippen LogP contribution in [0.5, 0.6) is 0 Å². The lowest BCUT2D eigenvalue weighted by Gasteiger charge is -2.20. The van der Waals surface area contributed by atoms with Crippen LogP contribution in [0.1, 0.15) is 12.8 Å². The first kappa shape index (κ1) is 18.6. The van der Waals surface area contributed by atoms with E-state index >= 15 is 0 Å². The second kappa shape index (κ2) is 8.70. The van der Waals surface area contributed by atoms with E-state index in [2.05, 4.69) is 4.72 Å². The van der Waals surface area contributed by atoms with Crippen molar-refractivity contribution in [1.29, 1.82) is 0 Å². The van der Waals surface area contributed by atoms with Gasteiger partial charge in [0, 0.05) is 19.6 Å². The molecular formula is C10H22ClN3O4S. The number of carbonyl (C=O) groups is 1. The maximum Gasteiger partial charge on any atom is 0.241 e. The third kappa shape index (κ3) is 7.68. The Balaban J connectivity index is 0.00000324. The summed E-state index contributed by atoms with van der Waals surface area (Å²) in [4.78, 5) is 13.5. The van der Waals surface area contributed by atoms with Gasteiger partial charge in [0.25, 0.3) is 0 Å². The molecule has 0 bridgehead atoms. The Kier molecular flexibility index (Phi) is 8.51. The van der Waals surface area contributed by atoms with Crippen molar-refractivity contribution >= 4 is 28.3 Å². The number of likely N-dealkylation sites (tertiary alicyclic amines) is 1. The molecule has 1 aliphatic heterocycles. The monoisotopic (exact) mass is 315 g/mol. The van der Waals surface area contributed by atoms with Crippen molar-refractivity contribution in [2.75, 3.05) is 39.1 Å². The van der Waals surface area contributed by atoms with E-state index < -0.39 is 16.1 Å². The Labute approximate surface area is 120 Å². The molecular weight excluding hydrogens is 294 g/mol. The van der Waals surface area contributed by atoms with Gasteiger partial charge in [0.05, 0.1) is 19.5 Å². The van der Waals surface area contributed by atoms with Crippen molar-refractivity contribution in [1.82, 2.24) is 9.62 Å². The van der Waals surface area contributed by atoms with Crippen LogP contribution in [0.3, 0.4) is 0 Å². The molecule has 1 amide bonds. The number of carbonyl (C=O) groups excluding carboxylic acids is 1. The Morgan fingerprint density at radius 2 is 2.00 bits per heavy atom. The van der Waals surface area contributed by atoms with Gasteiger partial charge < -0.3 is 15.4 Å². The van der Waals surface area contributed by atoms with Crippen molar-refractivity contribution in [3.05, 3.63) is 0 Å². The summed E-state index contributed by atoms with van der Waals surface area (Å²) in [5.74, 6) is -0.0939. The van der Waals surface area contributed by atoms with E-state index in [1.165, 1.54) is 0 Å². The number of hydrogen-bond donors (Lipinski definition) is 2. The van der Waals surface area contributed by atoms with Crippen LogP contribution in [0, 0.1) is 0 Å². The largest absolute Gasteiger partial charge is 0.378 e. The minimum absolute atomic E-state index is 0. The van der Waals surface area contributed by atoms with E-state index in [9.17, 15) is 13.2 Å². The SMILES string of the molecule is CS(=O)(=O)NCCOC[C@H](N)C(=O)N1CCCC1.Cl. The summed E-state index contributed by atoms with van der Waals surface area (Å²) in [5, 5.41) is 0. The number of hydrogen-bond acceptors (Lipinski definition) is 5. The number of nitrogens with zero attached hydrogens (tertiary/aromatic N) is 1. The van der Waals surface area contributed by atoms with Crippen molar-refractivity contribution in [3.8, 4) is 0 Å². The molecule has 1 aliphatic rings. The molecule has 0 saturated carbocycles. The first-order valence-electron chi connectivity index (χ1n) is 5.97. The smallest absolute Gasteiger partial charge is 0.241 e. The quantitative estimate of drug-likeness (QED) is 0.582. The van der Waals surface area contributed by atoms with E-state index in [-0.39, 0.29) is 38.1 Å². The summed E-state index contributed by atoms with van der Waals surface area (Å²) in [6, 6.07) is -0.665. The third-order valence-electron chi connectivity index (χ3n) is 2.64. The van der Waals surface area contributed by atoms with Crippen molar-refractivity contribution < 1.29 is 17.9 Å². The topological polar surface area (TPSA) is 102 Å². The van der Waals surface area contributed by atoms with Crippen LogP contribution in [-0.2, 0) is 19.6 Å². The summed E-state index contributed by atoms with van der Waals surface area (Å²) in [7, 11) is -3.19. The molecule has 0 radical (unpaired) electrons. The Morgan fingerprint density at radius 3 is 2.53 bits per heavy atom. The highest BCUT2D eigenvalue weighted by Crippen LogP contribution is 2.08. The maximum absolute atomic E-state index is 11.8. The van der Waals surface area contributed by atoms with Gasteiger partial charge in [-0.3, -0.25) is 4.79 Å². The number of rotatable bonds is 7. The molecule has 0 aliphatic carbocycles. The zero-order valence-electron chi connectivity index (χ0n) is 11.0. The number of halogens is 1. The van der Waals surface area contributed by atoms with Crippen LogP contribution in [0.2, 0.25) is 0 Å². The second-order valence-corrected chi connectivity index (χ2v) is 6.21. The van der Waals surface area contributed by atoms with Gasteiger partial charge >= 0.3 is 0 Å². The van der Waals surface area contributed by atoms with Gasteiger partial charge in [-0.15, -0.1) is 12.4 Å². The fourth-order valence-electron chi connectivity index (χ4n) is 1.75. The summed E-state index contributed by atoms with van der Waals surface area (Å²) >= 11 is 0. The van der Waals surface area contributed by atoms with Crippen molar-refractivity contribution in [2.24, 2.45) is 5.73 Å². The van der Waals surface area contributed by atoms with E-state index in [1.54, 1.807) is 4.90 Å². The van der Waals surface area contributed by atoms with E-state index in [0.717, 1.165) is 32.2 Å². The molecule has 7 nitrogen and oxygen atoms in total. The lowest BCUT2D eigenvalue weighted by molar-refractivity contribution is -0.132. The molecule has 19 heavy (non-hydrogen) atoms. The summed E-state index contributed by atoms with van der Waals surface area (Å²) in [6.07, 6.45) is 3.13. The average Bonchev–Trinajstić information content (AvgIpc) is 2.79. The molecule has 9 heteroatoms. The Morgan fingerprint density at radius 1 is 1.42 bits per heavy atom. The van der Waals surface area contributed by atoms with Crippen LogP contribution in [0.4, 0.5) is 0 Å². The first-order valence-corrected chi connectivity index (χ1v) is 7.86. The van der Waals surface area contributed by atoms with Crippen LogP contribution in [-0.4, -0.2) is 64.4 Å². The predicted octanol–water partition coefficient (Wildman–Crippen LogP) is -1.08. The van der Waals surface area contributed by atoms with Gasteiger partial charge in [0.15, 0.2) is 0 Å². The fraction of sp³-hybridized carbons (Fsp3) is 0.900. The summed E-state index contributed by atoms with van der Waals surface area (Å²) < 4.78 is 29.0. The molecule has 0 spiro atoms. The zero-order chi connectivity index (χ0) is 13.6. The van der Waals surface area contributed by atoms with Gasteiger partial charge in [0.1, 0.15) is 6.04 Å². The van der Waals surface area contributed by atoms with Crippen LogP contribution < -0.4 is 10.5 Å². The molecule has 0 aromatic rings. The van der Waals surface area contributed by atoms with Crippen LogP contribution >= 0.6 is 12.4 Å². The molecule has 1 atom stereocenters. The first-order chi connectivity index (χ1) is 8.40. The molecule has 0 aromatic heterocycles. The van der Waals surface area contributed by atoms with Gasteiger partial charge in [-0.25, -0.2) is 13.1 Å². The standard InChI is InChI=1S/C10H21N3O4S.ClH/c1-18(15,16)12-4-7-17-8-9(11)10(14)13-5-2-3-6-13;/h9,12H,2-8,11H2,1H3;1H/t9-;/m0./s1. The van der Waals surface area contributed by atoms with Crippen LogP contribution in [0.25, 0.3) is 0 Å². The van der Waals surface area contributed by atoms with Gasteiger partial charge in [-0.1, -0.05) is 0 Å². The zero-order valence-corrected chi connectivity index (χ0v) is 12.6. The molecule has 0 aromatic carbocycles. The van der Waals surface area contributed by atoms with Gasteiger partial charge in [-0.2, -0.15) is 0 Å². The van der Waals surface area contributed by atoms with E-state index in [1.807, 2.05) is 0 Å². The highest BCUT2D eigenvalue weighted by atomic mass is 35.5. The molecule has 1 saturated heterocycles. The number of sulfonamides is 1. The highest BCUT2D eigenvalue weighted by molar-refractivity contribution is 7.88. The maximum atomic E-state index is 11.8. The average molecular weight is 316 g/mol. The van der Waals surface area contributed by atoms with Crippen molar-refractivity contribution in [3.63, 3.8) is 0 Å². The number of nitrogens with one attached hydrogen (secondary N) is 1. The highest BCUT2D eigenvalue weighted by Gasteiger charge is 2.23. The molecule has 0 unspecified atom stereocenters. The minimum Gasteiger partial charge on any atom is -0.378 e. The summed E-state index contributed by atoms with van der Waals surface area (Å²) in [6.45, 7) is 2.03. The predicted molar refractivity (Wildman–Crippen MR) is 74.7 cm³/mol. The van der Waals surface area contributed by atoms with E-state index in [4.69, 9.17) is 10.5 Å². The molecule has 3 N–H and O–H groups in total. The molecule has 1 fully saturated rings. The lowest BCUT2D eigenvalue weighted by atomic mass is 10.3. The lowest BCUT2D eigenvalue weighted by Crippen LogP contribution is -2.45. The Bertz CT molecular complexity index is 371. The van der Waals surface area contributed by atoms with Gasteiger partial charge in [0.2, 0.25) is 15.9 Å². The minimum atomic E-state index is -3.19. The molecule has 114 valence electrons. The molecule has 1 heterocycles. The third-order valence-corrected chi connectivity index (χ3v) is 3.37. The number of ether oxygens (including phenoxy) is 1.